The van der Waals surface area contributed by atoms with E-state index in [1.54, 1.807) is 11.2 Å². The first-order valence-corrected chi connectivity index (χ1v) is 7.93. The van der Waals surface area contributed by atoms with Crippen molar-refractivity contribution in [1.29, 1.82) is 0 Å². The Labute approximate surface area is 132 Å². The number of aryl methyl sites for hydroxylation is 1. The predicted octanol–water partition coefficient (Wildman–Crippen LogP) is 3.18. The van der Waals surface area contributed by atoms with Crippen LogP contribution in [0.3, 0.4) is 0 Å². The summed E-state index contributed by atoms with van der Waals surface area (Å²) in [6.45, 7) is 5.10. The maximum absolute atomic E-state index is 12.6. The van der Waals surface area contributed by atoms with Gasteiger partial charge >= 0.3 is 0 Å². The molecule has 1 aromatic carbocycles. The highest BCUT2D eigenvalue weighted by atomic mass is 32.1. The Morgan fingerprint density at radius 2 is 2.18 bits per heavy atom. The average molecular weight is 315 g/mol. The molecule has 2 aromatic heterocycles. The van der Waals surface area contributed by atoms with Gasteiger partial charge in [-0.05, 0) is 37.1 Å². The van der Waals surface area contributed by atoms with Crippen molar-refractivity contribution in [3.05, 3.63) is 47.4 Å². The molecular formula is C16H17N3O2S. The summed E-state index contributed by atoms with van der Waals surface area (Å²) in [6.07, 6.45) is 1.99. The zero-order valence-electron chi connectivity index (χ0n) is 12.6. The molecule has 22 heavy (non-hydrogen) atoms. The molecular weight excluding hydrogens is 298 g/mol. The van der Waals surface area contributed by atoms with E-state index in [0.717, 1.165) is 27.9 Å². The van der Waals surface area contributed by atoms with E-state index in [1.165, 1.54) is 11.7 Å². The number of carbonyl (C=O) groups is 1. The molecule has 6 heteroatoms. The normalized spacial score (nSPS) is 11.0. The van der Waals surface area contributed by atoms with Gasteiger partial charge in [-0.2, -0.15) is 8.75 Å². The molecule has 0 bridgehead atoms. The van der Waals surface area contributed by atoms with Gasteiger partial charge in [-0.3, -0.25) is 4.79 Å². The molecule has 3 rings (SSSR count). The Balaban J connectivity index is 1.77. The smallest absolute Gasteiger partial charge is 0.227 e. The van der Waals surface area contributed by atoms with Gasteiger partial charge in [0.1, 0.15) is 16.8 Å². The average Bonchev–Trinajstić information content (AvgIpc) is 3.14. The number of amides is 1. The minimum atomic E-state index is 0.0683. The van der Waals surface area contributed by atoms with E-state index in [4.69, 9.17) is 4.42 Å². The lowest BCUT2D eigenvalue weighted by atomic mass is 10.1. The second kappa shape index (κ2) is 6.27. The molecule has 0 fully saturated rings. The molecule has 0 aliphatic rings. The van der Waals surface area contributed by atoms with Crippen LogP contribution in [0.2, 0.25) is 0 Å². The fourth-order valence-corrected chi connectivity index (χ4v) is 2.96. The van der Waals surface area contributed by atoms with Gasteiger partial charge < -0.3 is 9.32 Å². The summed E-state index contributed by atoms with van der Waals surface area (Å²) < 4.78 is 13.9. The second-order valence-corrected chi connectivity index (χ2v) is 5.69. The van der Waals surface area contributed by atoms with Crippen molar-refractivity contribution in [3.63, 3.8) is 0 Å². The number of fused-ring (bicyclic) bond motifs is 1. The predicted molar refractivity (Wildman–Crippen MR) is 85.7 cm³/mol. The molecule has 1 amide bonds. The summed E-state index contributed by atoms with van der Waals surface area (Å²) in [5.41, 5.74) is 3.66. The van der Waals surface area contributed by atoms with Crippen LogP contribution in [0.4, 0.5) is 0 Å². The van der Waals surface area contributed by atoms with Gasteiger partial charge in [-0.15, -0.1) is 0 Å². The molecule has 0 N–H and O–H groups in total. The van der Waals surface area contributed by atoms with Crippen molar-refractivity contribution in [1.82, 2.24) is 13.6 Å². The topological polar surface area (TPSA) is 59.2 Å². The van der Waals surface area contributed by atoms with Gasteiger partial charge in [-0.25, -0.2) is 0 Å². The molecule has 2 heterocycles. The first-order chi connectivity index (χ1) is 10.7. The molecule has 0 aliphatic carbocycles. The summed E-state index contributed by atoms with van der Waals surface area (Å²) in [5.74, 6) is 0.905. The van der Waals surface area contributed by atoms with Gasteiger partial charge in [0.05, 0.1) is 31.0 Å². The van der Waals surface area contributed by atoms with Crippen LogP contribution in [0.15, 0.2) is 34.9 Å². The van der Waals surface area contributed by atoms with Crippen LogP contribution in [-0.2, 0) is 17.8 Å². The lowest BCUT2D eigenvalue weighted by Gasteiger charge is -2.20. The summed E-state index contributed by atoms with van der Waals surface area (Å²) in [6, 6.07) is 7.68. The molecule has 0 spiro atoms. The van der Waals surface area contributed by atoms with Crippen molar-refractivity contribution in [3.8, 4) is 0 Å². The monoisotopic (exact) mass is 315 g/mol. The zero-order valence-corrected chi connectivity index (χ0v) is 13.4. The highest BCUT2D eigenvalue weighted by Gasteiger charge is 2.17. The first-order valence-electron chi connectivity index (χ1n) is 7.20. The molecule has 0 radical (unpaired) electrons. The van der Waals surface area contributed by atoms with E-state index < -0.39 is 0 Å². The summed E-state index contributed by atoms with van der Waals surface area (Å²) >= 11 is 1.17. The Morgan fingerprint density at radius 3 is 2.91 bits per heavy atom. The number of hydrogen-bond donors (Lipinski definition) is 0. The minimum Gasteiger partial charge on any atom is -0.467 e. The Bertz CT molecular complexity index is 793. The maximum atomic E-state index is 12.6. The standard InChI is InChI=1S/C16H17N3O2S/c1-3-19(10-14-11(2)7-8-21-14)15(20)9-12-5-4-6-13-16(12)18-22-17-13/h4-8H,3,9-10H2,1-2H3. The number of likely N-dealkylation sites (N-methyl/N-ethyl adjacent to an activating group) is 1. The number of hydrogen-bond acceptors (Lipinski definition) is 5. The largest absolute Gasteiger partial charge is 0.467 e. The third-order valence-electron chi connectivity index (χ3n) is 3.75. The number of benzene rings is 1. The number of nitrogens with zero attached hydrogens (tertiary/aromatic N) is 3. The van der Waals surface area contributed by atoms with E-state index in [0.29, 0.717) is 19.5 Å². The Hall–Kier alpha value is -2.21. The van der Waals surface area contributed by atoms with E-state index >= 15 is 0 Å². The van der Waals surface area contributed by atoms with E-state index in [2.05, 4.69) is 8.75 Å². The maximum Gasteiger partial charge on any atom is 0.227 e. The summed E-state index contributed by atoms with van der Waals surface area (Å²) in [5, 5.41) is 0. The van der Waals surface area contributed by atoms with Crippen LogP contribution in [0.25, 0.3) is 11.0 Å². The minimum absolute atomic E-state index is 0.0683. The van der Waals surface area contributed by atoms with Gasteiger partial charge in [-0.1, -0.05) is 12.1 Å². The lowest BCUT2D eigenvalue weighted by Crippen LogP contribution is -2.31. The molecule has 5 nitrogen and oxygen atoms in total. The van der Waals surface area contributed by atoms with Gasteiger partial charge in [0.15, 0.2) is 0 Å². The van der Waals surface area contributed by atoms with Crippen molar-refractivity contribution >= 4 is 28.7 Å². The molecule has 0 saturated carbocycles. The number of furan rings is 1. The van der Waals surface area contributed by atoms with Crippen LogP contribution in [0.5, 0.6) is 0 Å². The third kappa shape index (κ3) is 2.87. The van der Waals surface area contributed by atoms with Crippen molar-refractivity contribution in [2.24, 2.45) is 0 Å². The number of aromatic nitrogens is 2. The summed E-state index contributed by atoms with van der Waals surface area (Å²) in [4.78, 5) is 14.4. The lowest BCUT2D eigenvalue weighted by molar-refractivity contribution is -0.131. The first kappa shape index (κ1) is 14.7. The van der Waals surface area contributed by atoms with Crippen molar-refractivity contribution < 1.29 is 9.21 Å². The molecule has 3 aromatic rings. The molecule has 0 unspecified atom stereocenters. The fourth-order valence-electron chi connectivity index (χ4n) is 2.40. The Morgan fingerprint density at radius 1 is 1.32 bits per heavy atom. The SMILES string of the molecule is CCN(Cc1occc1C)C(=O)Cc1cccc2nsnc12. The van der Waals surface area contributed by atoms with E-state index in [-0.39, 0.29) is 5.91 Å². The van der Waals surface area contributed by atoms with Gasteiger partial charge in [0, 0.05) is 6.54 Å². The van der Waals surface area contributed by atoms with Crippen LogP contribution in [0.1, 0.15) is 23.8 Å². The third-order valence-corrected chi connectivity index (χ3v) is 4.29. The van der Waals surface area contributed by atoms with Crippen LogP contribution < -0.4 is 0 Å². The van der Waals surface area contributed by atoms with Crippen LogP contribution in [0, 0.1) is 6.92 Å². The quantitative estimate of drug-likeness (QED) is 0.725. The highest BCUT2D eigenvalue weighted by Crippen LogP contribution is 2.18. The number of carbonyl (C=O) groups excluding carboxylic acids is 1. The van der Waals surface area contributed by atoms with E-state index in [9.17, 15) is 4.79 Å². The second-order valence-electron chi connectivity index (χ2n) is 5.16. The summed E-state index contributed by atoms with van der Waals surface area (Å²) in [7, 11) is 0. The van der Waals surface area contributed by atoms with Gasteiger partial charge in [0.25, 0.3) is 0 Å². The van der Waals surface area contributed by atoms with Crippen LogP contribution in [-0.4, -0.2) is 26.1 Å². The molecule has 0 atom stereocenters. The van der Waals surface area contributed by atoms with Gasteiger partial charge in [0.2, 0.25) is 5.91 Å². The molecule has 114 valence electrons. The highest BCUT2D eigenvalue weighted by molar-refractivity contribution is 7.00. The van der Waals surface area contributed by atoms with Crippen molar-refractivity contribution in [2.45, 2.75) is 26.8 Å². The van der Waals surface area contributed by atoms with E-state index in [1.807, 2.05) is 38.1 Å². The fraction of sp³-hybridized carbons (Fsp3) is 0.312. The zero-order chi connectivity index (χ0) is 15.5. The van der Waals surface area contributed by atoms with Crippen LogP contribution >= 0.6 is 11.7 Å². The number of rotatable bonds is 5. The van der Waals surface area contributed by atoms with Crippen molar-refractivity contribution in [2.75, 3.05) is 6.54 Å². The molecule has 0 saturated heterocycles. The molecule has 0 aliphatic heterocycles. The Kier molecular flexibility index (Phi) is 4.20.